The van der Waals surface area contributed by atoms with Crippen molar-refractivity contribution >= 4 is 14.0 Å². The Balaban J connectivity index is 3.15. The van der Waals surface area contributed by atoms with Crippen LogP contribution in [0.5, 0.6) is 0 Å². The van der Waals surface area contributed by atoms with E-state index in [0.717, 1.165) is 12.0 Å². The Morgan fingerprint density at radius 2 is 1.78 bits per heavy atom. The van der Waals surface area contributed by atoms with Crippen molar-refractivity contribution in [3.63, 3.8) is 0 Å². The quantitative estimate of drug-likeness (QED) is 0.597. The first kappa shape index (κ1) is 19.7. The van der Waals surface area contributed by atoms with E-state index in [1.807, 2.05) is 56.9 Å². The summed E-state index contributed by atoms with van der Waals surface area (Å²) in [5.74, 6) is -2.12. The molecule has 0 aliphatic heterocycles. The minimum Gasteiger partial charge on any atom is -0.458 e. The average Bonchev–Trinajstić information content (AvgIpc) is 2.45. The molecule has 7 heteroatoms. The third kappa shape index (κ3) is 5.99. The zero-order valence-electron chi connectivity index (χ0n) is 13.9. The Bertz CT molecular complexity index is 500. The van der Waals surface area contributed by atoms with Crippen LogP contribution in [0.1, 0.15) is 24.9 Å². The van der Waals surface area contributed by atoms with Crippen LogP contribution in [0.15, 0.2) is 30.3 Å². The minimum atomic E-state index is -4.98. The van der Waals surface area contributed by atoms with Gasteiger partial charge in [-0.05, 0) is 18.5 Å². The van der Waals surface area contributed by atoms with Gasteiger partial charge in [0, 0.05) is 0 Å². The van der Waals surface area contributed by atoms with Crippen molar-refractivity contribution in [2.24, 2.45) is 0 Å². The summed E-state index contributed by atoms with van der Waals surface area (Å²) in [6.45, 7) is 8.28. The summed E-state index contributed by atoms with van der Waals surface area (Å²) < 4.78 is 42.8. The van der Waals surface area contributed by atoms with E-state index in [2.05, 4.69) is 5.32 Å². The van der Waals surface area contributed by atoms with Crippen molar-refractivity contribution < 1.29 is 22.7 Å². The number of carbonyl (C=O) groups excluding carboxylic acids is 1. The van der Waals surface area contributed by atoms with E-state index in [0.29, 0.717) is 6.54 Å². The molecule has 0 saturated heterocycles. The summed E-state index contributed by atoms with van der Waals surface area (Å²) in [7, 11) is -2.23. The molecule has 0 amide bonds. The van der Waals surface area contributed by atoms with Crippen molar-refractivity contribution in [3.8, 4) is 0 Å². The lowest BCUT2D eigenvalue weighted by molar-refractivity contribution is -0.202. The minimum absolute atomic E-state index is 0.450. The summed E-state index contributed by atoms with van der Waals surface area (Å²) in [5.41, 5.74) is 0.00826. The van der Waals surface area contributed by atoms with Crippen LogP contribution in [0.25, 0.3) is 0 Å². The molecule has 1 N–H and O–H groups in total. The van der Waals surface area contributed by atoms with Crippen molar-refractivity contribution in [1.82, 2.24) is 5.32 Å². The Morgan fingerprint density at radius 3 is 2.22 bits per heavy atom. The van der Waals surface area contributed by atoms with Gasteiger partial charge in [-0.3, -0.25) is 0 Å². The van der Waals surface area contributed by atoms with Gasteiger partial charge in [-0.2, -0.15) is 13.2 Å². The van der Waals surface area contributed by atoms with Crippen LogP contribution in [0, 0.1) is 0 Å². The largest absolute Gasteiger partial charge is 0.490 e. The van der Waals surface area contributed by atoms with Crippen LogP contribution in [0.4, 0.5) is 13.2 Å². The molecule has 0 unspecified atom stereocenters. The highest BCUT2D eigenvalue weighted by Crippen LogP contribution is 2.29. The van der Waals surface area contributed by atoms with Gasteiger partial charge in [0.15, 0.2) is 0 Å². The molecular weight excluding hydrogens is 323 g/mol. The van der Waals surface area contributed by atoms with Crippen LogP contribution in [0.2, 0.25) is 19.6 Å². The molecule has 1 aromatic rings. The Kier molecular flexibility index (Phi) is 6.82. The van der Waals surface area contributed by atoms with Crippen LogP contribution >= 0.6 is 0 Å². The van der Waals surface area contributed by atoms with Crippen molar-refractivity contribution in [2.45, 2.75) is 50.9 Å². The van der Waals surface area contributed by atoms with Crippen LogP contribution in [-0.4, -0.2) is 32.5 Å². The molecule has 2 atom stereocenters. The highest BCUT2D eigenvalue weighted by molar-refractivity contribution is 6.77. The van der Waals surface area contributed by atoms with Gasteiger partial charge in [0.05, 0.1) is 14.1 Å². The normalized spacial score (nSPS) is 15.1. The van der Waals surface area contributed by atoms with Gasteiger partial charge >= 0.3 is 12.1 Å². The van der Waals surface area contributed by atoms with Crippen LogP contribution < -0.4 is 5.32 Å². The first-order chi connectivity index (χ1) is 10.6. The van der Waals surface area contributed by atoms with E-state index >= 15 is 0 Å². The number of esters is 1. The summed E-state index contributed by atoms with van der Waals surface area (Å²) in [5, 5.41) is 3.24. The molecule has 23 heavy (non-hydrogen) atoms. The Morgan fingerprint density at radius 1 is 1.22 bits per heavy atom. The standard InChI is InChI=1S/C16H24F3NO2Si/c1-5-11-20-13(12-9-7-6-8-10-12)14(23(2,3)4)22-15(21)16(17,18)19/h6-10,13-14,20H,5,11H2,1-4H3/t13-,14-/m1/s1. The van der Waals surface area contributed by atoms with Crippen molar-refractivity contribution in [1.29, 1.82) is 0 Å². The van der Waals surface area contributed by atoms with Gasteiger partial charge in [0.25, 0.3) is 0 Å². The fourth-order valence-corrected chi connectivity index (χ4v) is 4.06. The monoisotopic (exact) mass is 347 g/mol. The summed E-state index contributed by atoms with van der Waals surface area (Å²) in [6, 6.07) is 8.70. The molecule has 0 aliphatic rings. The molecule has 3 nitrogen and oxygen atoms in total. The molecular formula is C16H24F3NO2Si. The number of alkyl halides is 3. The summed E-state index contributed by atoms with van der Waals surface area (Å²) in [4.78, 5) is 11.4. The van der Waals surface area contributed by atoms with Gasteiger partial charge in [-0.1, -0.05) is 56.9 Å². The second-order valence-electron chi connectivity index (χ2n) is 6.53. The number of hydrogen-bond donors (Lipinski definition) is 1. The SMILES string of the molecule is CCCN[C@H](c1ccccc1)[C@H](OC(=O)C(F)(F)F)[Si](C)(C)C. The second-order valence-corrected chi connectivity index (χ2v) is 11.8. The van der Waals surface area contributed by atoms with E-state index < -0.39 is 32.0 Å². The number of nitrogens with one attached hydrogen (secondary N) is 1. The molecule has 0 aliphatic carbocycles. The Hall–Kier alpha value is -1.34. The predicted molar refractivity (Wildman–Crippen MR) is 86.8 cm³/mol. The fraction of sp³-hybridized carbons (Fsp3) is 0.562. The number of benzene rings is 1. The number of halogens is 3. The Labute approximate surface area is 136 Å². The number of ether oxygens (including phenoxy) is 1. The number of carbonyl (C=O) groups is 1. The molecule has 0 bridgehead atoms. The maximum atomic E-state index is 12.6. The maximum absolute atomic E-state index is 12.6. The van der Waals surface area contributed by atoms with Gasteiger partial charge in [-0.25, -0.2) is 4.79 Å². The van der Waals surface area contributed by atoms with Crippen molar-refractivity contribution in [2.75, 3.05) is 6.54 Å². The number of hydrogen-bond acceptors (Lipinski definition) is 3. The predicted octanol–water partition coefficient (Wildman–Crippen LogP) is 4.08. The van der Waals surface area contributed by atoms with E-state index in [1.165, 1.54) is 0 Å². The highest BCUT2D eigenvalue weighted by atomic mass is 28.3. The van der Waals surface area contributed by atoms with Crippen molar-refractivity contribution in [3.05, 3.63) is 35.9 Å². The smallest absolute Gasteiger partial charge is 0.458 e. The molecule has 0 saturated carbocycles. The lowest BCUT2D eigenvalue weighted by atomic mass is 10.1. The van der Waals surface area contributed by atoms with Gasteiger partial charge in [-0.15, -0.1) is 0 Å². The van der Waals surface area contributed by atoms with E-state index in [1.54, 1.807) is 0 Å². The molecule has 130 valence electrons. The van der Waals surface area contributed by atoms with Gasteiger partial charge < -0.3 is 10.1 Å². The molecule has 0 fully saturated rings. The van der Waals surface area contributed by atoms with E-state index in [4.69, 9.17) is 4.74 Å². The topological polar surface area (TPSA) is 38.3 Å². The lowest BCUT2D eigenvalue weighted by Crippen LogP contribution is -2.51. The lowest BCUT2D eigenvalue weighted by Gasteiger charge is -2.36. The second kappa shape index (κ2) is 7.96. The zero-order chi connectivity index (χ0) is 17.7. The molecule has 0 aromatic heterocycles. The third-order valence-corrected chi connectivity index (χ3v) is 5.55. The summed E-state index contributed by atoms with van der Waals surface area (Å²) >= 11 is 0. The zero-order valence-corrected chi connectivity index (χ0v) is 14.9. The first-order valence-electron chi connectivity index (χ1n) is 7.63. The van der Waals surface area contributed by atoms with E-state index in [-0.39, 0.29) is 0 Å². The third-order valence-electron chi connectivity index (χ3n) is 3.39. The van der Waals surface area contributed by atoms with Crippen LogP contribution in [-0.2, 0) is 9.53 Å². The fourth-order valence-electron chi connectivity index (χ4n) is 2.29. The molecule has 1 aromatic carbocycles. The molecule has 0 spiro atoms. The first-order valence-corrected chi connectivity index (χ1v) is 11.2. The van der Waals surface area contributed by atoms with Gasteiger partial charge in [0.1, 0.15) is 5.73 Å². The van der Waals surface area contributed by atoms with Crippen LogP contribution in [0.3, 0.4) is 0 Å². The molecule has 0 radical (unpaired) electrons. The highest BCUT2D eigenvalue weighted by Gasteiger charge is 2.46. The maximum Gasteiger partial charge on any atom is 0.490 e. The van der Waals surface area contributed by atoms with Gasteiger partial charge in [0.2, 0.25) is 0 Å². The number of rotatable bonds is 7. The average molecular weight is 347 g/mol. The van der Waals surface area contributed by atoms with E-state index in [9.17, 15) is 18.0 Å². The molecule has 0 heterocycles. The summed E-state index contributed by atoms with van der Waals surface area (Å²) in [6.07, 6.45) is -4.15. The molecule has 1 rings (SSSR count).